The molecule has 1 atom stereocenters. The van der Waals surface area contributed by atoms with E-state index in [1.54, 1.807) is 12.3 Å². The van der Waals surface area contributed by atoms with Gasteiger partial charge < -0.3 is 5.32 Å². The molecule has 0 bridgehead atoms. The molecule has 0 aliphatic heterocycles. The van der Waals surface area contributed by atoms with E-state index in [1.807, 2.05) is 38.1 Å². The topological polar surface area (TPSA) is 42.0 Å². The number of pyridine rings is 1. The number of benzene rings is 1. The first-order valence-electron chi connectivity index (χ1n) is 6.34. The number of hydrogen-bond donors (Lipinski definition) is 1. The minimum absolute atomic E-state index is 0.0268. The van der Waals surface area contributed by atoms with Crippen molar-refractivity contribution in [3.63, 3.8) is 0 Å². The summed E-state index contributed by atoms with van der Waals surface area (Å²) in [5.74, 6) is 0.611. The second kappa shape index (κ2) is 6.02. The Labute approximate surface area is 118 Å². The molecular formula is C15H17ClN2O. The van der Waals surface area contributed by atoms with Crippen LogP contribution in [0.15, 0.2) is 36.5 Å². The van der Waals surface area contributed by atoms with Crippen LogP contribution in [0, 0.1) is 5.92 Å². The number of carbonyl (C=O) groups is 1. The SMILES string of the molecule is CC(C)C(CCl)NC(=O)c1ccnc2ccccc12. The van der Waals surface area contributed by atoms with Gasteiger partial charge >= 0.3 is 0 Å². The second-order valence-electron chi connectivity index (χ2n) is 4.85. The van der Waals surface area contributed by atoms with Crippen LogP contribution in [0.3, 0.4) is 0 Å². The highest BCUT2D eigenvalue weighted by Crippen LogP contribution is 2.16. The fourth-order valence-corrected chi connectivity index (χ4v) is 2.36. The molecule has 1 aromatic heterocycles. The molecule has 19 heavy (non-hydrogen) atoms. The quantitative estimate of drug-likeness (QED) is 0.871. The fraction of sp³-hybridized carbons (Fsp3) is 0.333. The van der Waals surface area contributed by atoms with Gasteiger partial charge in [0, 0.05) is 23.5 Å². The molecule has 1 amide bonds. The molecule has 1 heterocycles. The van der Waals surface area contributed by atoms with Crippen molar-refractivity contribution in [2.45, 2.75) is 19.9 Å². The van der Waals surface area contributed by atoms with E-state index in [-0.39, 0.29) is 11.9 Å². The first-order chi connectivity index (χ1) is 9.13. The van der Waals surface area contributed by atoms with Gasteiger partial charge in [0.25, 0.3) is 5.91 Å². The summed E-state index contributed by atoms with van der Waals surface area (Å²) in [6.45, 7) is 4.08. The van der Waals surface area contributed by atoms with E-state index < -0.39 is 0 Å². The van der Waals surface area contributed by atoms with Crippen molar-refractivity contribution in [2.75, 3.05) is 5.88 Å². The Morgan fingerprint density at radius 3 is 2.74 bits per heavy atom. The molecule has 1 unspecified atom stereocenters. The highest BCUT2D eigenvalue weighted by Gasteiger charge is 2.17. The number of amides is 1. The molecule has 100 valence electrons. The predicted octanol–water partition coefficient (Wildman–Crippen LogP) is 3.23. The summed E-state index contributed by atoms with van der Waals surface area (Å²) in [4.78, 5) is 16.6. The van der Waals surface area contributed by atoms with Crippen LogP contribution in [0.1, 0.15) is 24.2 Å². The maximum absolute atomic E-state index is 12.3. The van der Waals surface area contributed by atoms with Gasteiger partial charge in [0.15, 0.2) is 0 Å². The molecular weight excluding hydrogens is 260 g/mol. The number of halogens is 1. The summed E-state index contributed by atoms with van der Waals surface area (Å²) in [6, 6.07) is 9.33. The average molecular weight is 277 g/mol. The molecule has 0 saturated carbocycles. The summed E-state index contributed by atoms with van der Waals surface area (Å²) >= 11 is 5.89. The van der Waals surface area contributed by atoms with Crippen LogP contribution in [-0.2, 0) is 0 Å². The van der Waals surface area contributed by atoms with Crippen molar-refractivity contribution in [3.05, 3.63) is 42.1 Å². The third-order valence-electron chi connectivity index (χ3n) is 3.18. The van der Waals surface area contributed by atoms with Gasteiger partial charge in [-0.25, -0.2) is 0 Å². The van der Waals surface area contributed by atoms with E-state index in [2.05, 4.69) is 10.3 Å². The van der Waals surface area contributed by atoms with Gasteiger partial charge in [-0.15, -0.1) is 11.6 Å². The van der Waals surface area contributed by atoms with Gasteiger partial charge in [-0.1, -0.05) is 32.0 Å². The van der Waals surface area contributed by atoms with Gasteiger partial charge in [-0.05, 0) is 18.1 Å². The highest BCUT2D eigenvalue weighted by atomic mass is 35.5. The summed E-state index contributed by atoms with van der Waals surface area (Å²) in [5, 5.41) is 3.84. The minimum atomic E-state index is -0.0991. The van der Waals surface area contributed by atoms with E-state index >= 15 is 0 Å². The van der Waals surface area contributed by atoms with Crippen LogP contribution in [-0.4, -0.2) is 22.8 Å². The molecule has 0 aliphatic rings. The number of nitrogens with one attached hydrogen (secondary N) is 1. The molecule has 2 aromatic rings. The van der Waals surface area contributed by atoms with Gasteiger partial charge in [0.2, 0.25) is 0 Å². The van der Waals surface area contributed by atoms with Crippen LogP contribution in [0.25, 0.3) is 10.9 Å². The Bertz CT molecular complexity index is 578. The lowest BCUT2D eigenvalue weighted by molar-refractivity contribution is 0.0933. The third kappa shape index (κ3) is 3.04. The van der Waals surface area contributed by atoms with E-state index in [0.29, 0.717) is 17.4 Å². The van der Waals surface area contributed by atoms with Crippen LogP contribution in [0.4, 0.5) is 0 Å². The van der Waals surface area contributed by atoms with Gasteiger partial charge in [0.05, 0.1) is 11.1 Å². The largest absolute Gasteiger partial charge is 0.348 e. The number of para-hydroxylation sites is 1. The lowest BCUT2D eigenvalue weighted by Gasteiger charge is -2.20. The maximum atomic E-state index is 12.3. The number of hydrogen-bond acceptors (Lipinski definition) is 2. The van der Waals surface area contributed by atoms with Gasteiger partial charge in [0.1, 0.15) is 0 Å². The second-order valence-corrected chi connectivity index (χ2v) is 5.16. The molecule has 1 aromatic carbocycles. The van der Waals surface area contributed by atoms with E-state index in [9.17, 15) is 4.79 Å². The molecule has 3 nitrogen and oxygen atoms in total. The molecule has 1 N–H and O–H groups in total. The normalized spacial score (nSPS) is 12.6. The minimum Gasteiger partial charge on any atom is -0.348 e. The number of rotatable bonds is 4. The summed E-state index contributed by atoms with van der Waals surface area (Å²) in [6.07, 6.45) is 1.66. The Balaban J connectivity index is 2.31. The third-order valence-corrected chi connectivity index (χ3v) is 3.51. The van der Waals surface area contributed by atoms with Crippen molar-refractivity contribution in [3.8, 4) is 0 Å². The van der Waals surface area contributed by atoms with Crippen LogP contribution >= 0.6 is 11.6 Å². The number of aromatic nitrogens is 1. The molecule has 4 heteroatoms. The summed E-state index contributed by atoms with van der Waals surface area (Å²) in [5.41, 5.74) is 1.46. The molecule has 0 aliphatic carbocycles. The van der Waals surface area contributed by atoms with Crippen molar-refractivity contribution in [2.24, 2.45) is 5.92 Å². The highest BCUT2D eigenvalue weighted by molar-refractivity contribution is 6.18. The molecule has 0 radical (unpaired) electrons. The van der Waals surface area contributed by atoms with E-state index in [1.165, 1.54) is 0 Å². The fourth-order valence-electron chi connectivity index (χ4n) is 1.92. The van der Waals surface area contributed by atoms with Gasteiger partial charge in [-0.2, -0.15) is 0 Å². The van der Waals surface area contributed by atoms with E-state index in [0.717, 1.165) is 10.9 Å². The Kier molecular flexibility index (Phi) is 4.38. The lowest BCUT2D eigenvalue weighted by atomic mass is 10.0. The van der Waals surface area contributed by atoms with E-state index in [4.69, 9.17) is 11.6 Å². The summed E-state index contributed by atoms with van der Waals surface area (Å²) < 4.78 is 0. The number of carbonyl (C=O) groups excluding carboxylic acids is 1. The molecule has 0 saturated heterocycles. The number of alkyl halides is 1. The Morgan fingerprint density at radius 2 is 2.05 bits per heavy atom. The Hall–Kier alpha value is -1.61. The smallest absolute Gasteiger partial charge is 0.252 e. The van der Waals surface area contributed by atoms with Crippen molar-refractivity contribution in [1.82, 2.24) is 10.3 Å². The molecule has 0 spiro atoms. The van der Waals surface area contributed by atoms with Crippen molar-refractivity contribution in [1.29, 1.82) is 0 Å². The Morgan fingerprint density at radius 1 is 1.32 bits per heavy atom. The van der Waals surface area contributed by atoms with Crippen LogP contribution < -0.4 is 5.32 Å². The first kappa shape index (κ1) is 13.8. The van der Waals surface area contributed by atoms with Crippen molar-refractivity contribution >= 4 is 28.4 Å². The predicted molar refractivity (Wildman–Crippen MR) is 78.6 cm³/mol. The monoisotopic (exact) mass is 276 g/mol. The lowest BCUT2D eigenvalue weighted by Crippen LogP contribution is -2.39. The number of nitrogens with zero attached hydrogens (tertiary/aromatic N) is 1. The molecule has 2 rings (SSSR count). The number of fused-ring (bicyclic) bond motifs is 1. The van der Waals surface area contributed by atoms with Crippen LogP contribution in [0.2, 0.25) is 0 Å². The zero-order valence-electron chi connectivity index (χ0n) is 11.1. The standard InChI is InChI=1S/C15H17ClN2O/c1-10(2)14(9-16)18-15(19)12-7-8-17-13-6-4-3-5-11(12)13/h3-8,10,14H,9H2,1-2H3,(H,18,19). The van der Waals surface area contributed by atoms with Crippen molar-refractivity contribution < 1.29 is 4.79 Å². The maximum Gasteiger partial charge on any atom is 0.252 e. The first-order valence-corrected chi connectivity index (χ1v) is 6.87. The van der Waals surface area contributed by atoms with Gasteiger partial charge in [-0.3, -0.25) is 9.78 Å². The average Bonchev–Trinajstić information content (AvgIpc) is 2.43. The van der Waals surface area contributed by atoms with Crippen LogP contribution in [0.5, 0.6) is 0 Å². The summed E-state index contributed by atoms with van der Waals surface area (Å²) in [7, 11) is 0. The zero-order valence-corrected chi connectivity index (χ0v) is 11.8. The zero-order chi connectivity index (χ0) is 13.8. The molecule has 0 fully saturated rings.